The molecule has 1 aliphatic heterocycles. The zero-order valence-corrected chi connectivity index (χ0v) is 25.6. The number of hydrogen-bond acceptors (Lipinski definition) is 17. The van der Waals surface area contributed by atoms with E-state index in [1.807, 2.05) is 0 Å². The third-order valence-corrected chi connectivity index (χ3v) is 7.04. The van der Waals surface area contributed by atoms with Gasteiger partial charge in [0, 0.05) is 29.6 Å². The van der Waals surface area contributed by atoms with Crippen LogP contribution in [0.25, 0.3) is 0 Å². The monoisotopic (exact) mass is 700 g/mol. The molecule has 0 saturated carbocycles. The highest BCUT2D eigenvalue weighted by Crippen LogP contribution is 2.22. The number of primary amides is 1. The highest BCUT2D eigenvalue weighted by Gasteiger charge is 2.53. The molecule has 21 nitrogen and oxygen atoms in total. The molecule has 0 radical (unpaired) electrons. The third kappa shape index (κ3) is 9.26. The topological polar surface area (TPSA) is 301 Å². The molecular weight excluding hydrogens is 676 g/mol. The maximum atomic E-state index is 13.1. The van der Waals surface area contributed by atoms with Gasteiger partial charge in [0.2, 0.25) is 12.5 Å². The van der Waals surface area contributed by atoms with Crippen LogP contribution in [0, 0.1) is 20.2 Å². The minimum atomic E-state index is -1.56. The minimum Gasteiger partial charge on any atom is -0.459 e. The van der Waals surface area contributed by atoms with Crippen LogP contribution < -0.4 is 16.8 Å². The smallest absolute Gasteiger partial charge is 0.347 e. The molecule has 3 amide bonds. The molecule has 0 spiro atoms. The normalized spacial score (nSPS) is 15.5. The van der Waals surface area contributed by atoms with Crippen LogP contribution in [-0.4, -0.2) is 80.6 Å². The third-order valence-electron chi connectivity index (χ3n) is 6.36. The average Bonchev–Trinajstić information content (AvgIpc) is 3.50. The summed E-state index contributed by atoms with van der Waals surface area (Å²) < 4.78 is 10.0. The number of nitro groups is 2. The molecule has 2 atom stereocenters. The molecular formula is C27H24N8O13S. The molecule has 49 heavy (non-hydrogen) atoms. The van der Waals surface area contributed by atoms with Crippen molar-refractivity contribution in [3.8, 4) is 0 Å². The number of nitrogen functional groups attached to an aromatic ring is 1. The van der Waals surface area contributed by atoms with Crippen LogP contribution in [0.2, 0.25) is 0 Å². The molecule has 1 aromatic heterocycles. The number of nitro benzene ring substituents is 2. The van der Waals surface area contributed by atoms with E-state index in [2.05, 4.69) is 15.5 Å². The maximum Gasteiger partial charge on any atom is 0.347 e. The first-order valence-corrected chi connectivity index (χ1v) is 14.5. The maximum absolute atomic E-state index is 13.1. The Morgan fingerprint density at radius 2 is 1.45 bits per heavy atom. The number of carbonyl (C=O) groups is 5. The Morgan fingerprint density at radius 1 is 0.918 bits per heavy atom. The summed E-state index contributed by atoms with van der Waals surface area (Å²) in [5, 5.41) is 29.2. The Kier molecular flexibility index (Phi) is 11.4. The van der Waals surface area contributed by atoms with E-state index in [9.17, 15) is 44.2 Å². The fourth-order valence-corrected chi connectivity index (χ4v) is 4.50. The number of thiazole rings is 1. The van der Waals surface area contributed by atoms with Crippen LogP contribution in [0.4, 0.5) is 16.5 Å². The van der Waals surface area contributed by atoms with Crippen molar-refractivity contribution in [2.45, 2.75) is 25.3 Å². The molecule has 0 unspecified atom stereocenters. The molecule has 256 valence electrons. The quantitative estimate of drug-likeness (QED) is 0.0576. The van der Waals surface area contributed by atoms with Gasteiger partial charge in [-0.25, -0.2) is 19.6 Å². The number of oxime groups is 1. The number of hydroxylamine groups is 2. The number of benzene rings is 2. The van der Waals surface area contributed by atoms with Crippen molar-refractivity contribution in [1.29, 1.82) is 0 Å². The number of anilines is 1. The second-order valence-electron chi connectivity index (χ2n) is 9.69. The Balaban J connectivity index is 1.31. The lowest BCUT2D eigenvalue weighted by Gasteiger charge is -2.43. The van der Waals surface area contributed by atoms with Crippen LogP contribution in [0.3, 0.4) is 0 Å². The van der Waals surface area contributed by atoms with Gasteiger partial charge in [-0.05, 0) is 35.4 Å². The van der Waals surface area contributed by atoms with Crippen LogP contribution >= 0.6 is 11.3 Å². The van der Waals surface area contributed by atoms with Crippen LogP contribution in [0.15, 0.2) is 59.1 Å². The summed E-state index contributed by atoms with van der Waals surface area (Å²) in [6.07, 6.45) is 0. The molecule has 1 aliphatic rings. The van der Waals surface area contributed by atoms with Crippen molar-refractivity contribution in [2.24, 2.45) is 10.9 Å². The lowest BCUT2D eigenvalue weighted by atomic mass is 9.97. The summed E-state index contributed by atoms with van der Waals surface area (Å²) in [5.74, 6) is -5.03. The first-order chi connectivity index (χ1) is 23.3. The fourth-order valence-electron chi connectivity index (χ4n) is 3.95. The van der Waals surface area contributed by atoms with Gasteiger partial charge in [0.05, 0.1) is 9.85 Å². The highest BCUT2D eigenvalue weighted by atomic mass is 32.1. The van der Waals surface area contributed by atoms with E-state index in [0.29, 0.717) is 16.2 Å². The molecule has 1 saturated heterocycles. The largest absolute Gasteiger partial charge is 0.459 e. The van der Waals surface area contributed by atoms with Crippen molar-refractivity contribution < 1.29 is 53.0 Å². The predicted molar refractivity (Wildman–Crippen MR) is 163 cm³/mol. The number of aromatic nitrogens is 1. The molecule has 5 N–H and O–H groups in total. The van der Waals surface area contributed by atoms with E-state index in [1.165, 1.54) is 53.9 Å². The van der Waals surface area contributed by atoms with E-state index in [-0.39, 0.29) is 35.4 Å². The summed E-state index contributed by atoms with van der Waals surface area (Å²) in [7, 11) is 0. The van der Waals surface area contributed by atoms with Crippen molar-refractivity contribution in [1.82, 2.24) is 15.4 Å². The molecule has 22 heteroatoms. The van der Waals surface area contributed by atoms with Gasteiger partial charge in [-0.1, -0.05) is 5.16 Å². The van der Waals surface area contributed by atoms with Gasteiger partial charge >= 0.3 is 11.9 Å². The number of nitrogens with one attached hydrogen (secondary N) is 1. The SMILES string of the molecule is NC(=O)[C@H]1[C@H](NC(=O)/C(=N\OCC(=O)OCc2ccc([N+](=O)[O-])cc2)c2csc(N)n2)C(=O)N1OCC(=O)OCc1ccc([N+](=O)[O-])cc1. The standard InChI is InChI=1S/C27H24N8O13S/c28-24(38)23-22(26(40)33(23)48-12-20(37)46-10-15-3-7-17(8-4-15)35(43)44)31-25(39)21(18-13-49-27(29)30-18)32-47-11-19(36)45-9-14-1-5-16(6-2-14)34(41)42/h1-8,13,22-23H,9-12H2,(H2,28,38)(H2,29,30)(H,31,39)/b32-21-/t22-,23+/m0/s1. The second kappa shape index (κ2) is 15.8. The molecule has 3 aromatic rings. The van der Waals surface area contributed by atoms with Gasteiger partial charge < -0.3 is 31.1 Å². The van der Waals surface area contributed by atoms with Gasteiger partial charge in [-0.15, -0.1) is 11.3 Å². The molecule has 0 bridgehead atoms. The number of nitrogens with two attached hydrogens (primary N) is 2. The van der Waals surface area contributed by atoms with E-state index >= 15 is 0 Å². The van der Waals surface area contributed by atoms with Gasteiger partial charge in [0.25, 0.3) is 23.2 Å². The van der Waals surface area contributed by atoms with Crippen LogP contribution in [-0.2, 0) is 56.3 Å². The van der Waals surface area contributed by atoms with E-state index in [4.69, 9.17) is 30.6 Å². The van der Waals surface area contributed by atoms with Crippen molar-refractivity contribution >= 4 is 63.2 Å². The average molecular weight is 701 g/mol. The van der Waals surface area contributed by atoms with Crippen molar-refractivity contribution in [3.63, 3.8) is 0 Å². The minimum absolute atomic E-state index is 0.0350. The summed E-state index contributed by atoms with van der Waals surface area (Å²) in [6.45, 7) is -2.12. The molecule has 2 aromatic carbocycles. The number of hydrogen-bond donors (Lipinski definition) is 3. The number of esters is 2. The predicted octanol–water partition coefficient (Wildman–Crippen LogP) is -0.138. The number of nitrogens with zero attached hydrogens (tertiary/aromatic N) is 5. The van der Waals surface area contributed by atoms with Gasteiger partial charge in [0.1, 0.15) is 24.9 Å². The zero-order valence-electron chi connectivity index (χ0n) is 24.8. The van der Waals surface area contributed by atoms with Crippen LogP contribution in [0.5, 0.6) is 0 Å². The summed E-state index contributed by atoms with van der Waals surface area (Å²) in [4.78, 5) is 96.7. The summed E-state index contributed by atoms with van der Waals surface area (Å²) >= 11 is 0.933. The number of β-lactam (4-membered cyclic amide) rings is 1. The van der Waals surface area contributed by atoms with E-state index in [0.717, 1.165) is 11.3 Å². The Labute approximate surface area is 277 Å². The molecule has 2 heterocycles. The summed E-state index contributed by atoms with van der Waals surface area (Å²) in [6, 6.07) is 7.32. The lowest BCUT2D eigenvalue weighted by molar-refractivity contribution is -0.385. The Morgan fingerprint density at radius 3 is 1.92 bits per heavy atom. The molecule has 0 aliphatic carbocycles. The fraction of sp³-hybridized carbons (Fsp3) is 0.222. The van der Waals surface area contributed by atoms with E-state index < -0.39 is 70.5 Å². The Hall–Kier alpha value is -6.55. The zero-order chi connectivity index (χ0) is 35.7. The second-order valence-corrected chi connectivity index (χ2v) is 10.6. The number of carbonyl (C=O) groups excluding carboxylic acids is 5. The van der Waals surface area contributed by atoms with Crippen LogP contribution in [0.1, 0.15) is 16.8 Å². The first-order valence-electron chi connectivity index (χ1n) is 13.6. The number of amides is 3. The van der Waals surface area contributed by atoms with Gasteiger partial charge in [-0.3, -0.25) is 39.4 Å². The number of non-ortho nitro benzene ring substituents is 2. The number of rotatable bonds is 16. The molecule has 1 fully saturated rings. The Bertz CT molecular complexity index is 1800. The van der Waals surface area contributed by atoms with E-state index in [1.54, 1.807) is 0 Å². The van der Waals surface area contributed by atoms with Crippen molar-refractivity contribution in [3.05, 3.63) is 91.0 Å². The van der Waals surface area contributed by atoms with Gasteiger partial charge in [-0.2, -0.15) is 0 Å². The lowest BCUT2D eigenvalue weighted by Crippen LogP contribution is -2.74. The molecule has 4 rings (SSSR count). The number of ether oxygens (including phenoxy) is 2. The first kappa shape index (κ1) is 35.3. The highest BCUT2D eigenvalue weighted by molar-refractivity contribution is 7.13. The van der Waals surface area contributed by atoms with Gasteiger partial charge in [0.15, 0.2) is 23.5 Å². The van der Waals surface area contributed by atoms with Crippen molar-refractivity contribution in [2.75, 3.05) is 18.9 Å². The summed E-state index contributed by atoms with van der Waals surface area (Å²) in [5.41, 5.74) is 11.0.